The quantitative estimate of drug-likeness (QED) is 0.787. The maximum atomic E-state index is 12.2. The molecule has 0 saturated carbocycles. The van der Waals surface area contributed by atoms with Gasteiger partial charge in [0.2, 0.25) is 0 Å². The zero-order chi connectivity index (χ0) is 18.9. The van der Waals surface area contributed by atoms with Crippen molar-refractivity contribution >= 4 is 5.91 Å². The Labute approximate surface area is 153 Å². The number of nitriles is 1. The van der Waals surface area contributed by atoms with Crippen LogP contribution in [0.2, 0.25) is 0 Å². The van der Waals surface area contributed by atoms with Crippen LogP contribution in [-0.2, 0) is 4.79 Å². The number of amides is 1. The number of para-hydroxylation sites is 1. The molecule has 0 aliphatic carbocycles. The number of methoxy groups -OCH3 is 1. The van der Waals surface area contributed by atoms with E-state index in [1.54, 1.807) is 25.3 Å². The molecule has 0 fully saturated rings. The van der Waals surface area contributed by atoms with Crippen molar-refractivity contribution in [2.45, 2.75) is 19.9 Å². The molecule has 0 aromatic heterocycles. The number of hydrogen-bond acceptors (Lipinski definition) is 5. The van der Waals surface area contributed by atoms with Crippen LogP contribution in [-0.4, -0.2) is 26.2 Å². The summed E-state index contributed by atoms with van der Waals surface area (Å²) in [6.07, 6.45) is 0. The molecule has 0 heterocycles. The molecule has 136 valence electrons. The summed E-state index contributed by atoms with van der Waals surface area (Å²) in [6, 6.07) is 14.2. The van der Waals surface area contributed by atoms with Crippen molar-refractivity contribution < 1.29 is 19.0 Å². The average molecular weight is 354 g/mol. The molecule has 0 spiro atoms. The van der Waals surface area contributed by atoms with Crippen molar-refractivity contribution in [2.24, 2.45) is 0 Å². The van der Waals surface area contributed by atoms with E-state index in [9.17, 15) is 4.79 Å². The van der Waals surface area contributed by atoms with Gasteiger partial charge in [-0.2, -0.15) is 5.26 Å². The molecule has 0 saturated heterocycles. The van der Waals surface area contributed by atoms with E-state index in [4.69, 9.17) is 19.5 Å². The highest BCUT2D eigenvalue weighted by molar-refractivity contribution is 5.78. The smallest absolute Gasteiger partial charge is 0.258 e. The summed E-state index contributed by atoms with van der Waals surface area (Å²) in [5.74, 6) is 1.31. The van der Waals surface area contributed by atoms with Gasteiger partial charge in [-0.3, -0.25) is 4.79 Å². The lowest BCUT2D eigenvalue weighted by molar-refractivity contribution is -0.123. The maximum absolute atomic E-state index is 12.2. The fraction of sp³-hybridized carbons (Fsp3) is 0.300. The summed E-state index contributed by atoms with van der Waals surface area (Å²) >= 11 is 0. The van der Waals surface area contributed by atoms with E-state index in [-0.39, 0.29) is 18.6 Å². The van der Waals surface area contributed by atoms with E-state index in [1.807, 2.05) is 44.2 Å². The molecule has 6 nitrogen and oxygen atoms in total. The van der Waals surface area contributed by atoms with Crippen molar-refractivity contribution in [1.29, 1.82) is 5.26 Å². The lowest BCUT2D eigenvalue weighted by Gasteiger charge is -2.18. The van der Waals surface area contributed by atoms with Gasteiger partial charge < -0.3 is 19.5 Å². The van der Waals surface area contributed by atoms with Crippen molar-refractivity contribution in [3.63, 3.8) is 0 Å². The highest BCUT2D eigenvalue weighted by Crippen LogP contribution is 2.28. The highest BCUT2D eigenvalue weighted by atomic mass is 16.5. The third-order valence-electron chi connectivity index (χ3n) is 3.71. The monoisotopic (exact) mass is 354 g/mol. The number of hydrogen-bond donors (Lipinski definition) is 1. The predicted octanol–water partition coefficient (Wildman–Crippen LogP) is 3.22. The minimum absolute atomic E-state index is 0.161. The van der Waals surface area contributed by atoms with Gasteiger partial charge in [-0.25, -0.2) is 0 Å². The number of ether oxygens (including phenoxy) is 3. The minimum Gasteiger partial charge on any atom is -0.496 e. The van der Waals surface area contributed by atoms with E-state index < -0.39 is 0 Å². The van der Waals surface area contributed by atoms with Gasteiger partial charge in [0.05, 0.1) is 31.4 Å². The third-order valence-corrected chi connectivity index (χ3v) is 3.71. The zero-order valence-electron chi connectivity index (χ0n) is 15.1. The van der Waals surface area contributed by atoms with Crippen LogP contribution in [0.4, 0.5) is 0 Å². The summed E-state index contributed by atoms with van der Waals surface area (Å²) in [4.78, 5) is 12.2. The first kappa shape index (κ1) is 19.1. The molecule has 0 aliphatic heterocycles. The molecule has 1 amide bonds. The van der Waals surface area contributed by atoms with Crippen LogP contribution in [0, 0.1) is 11.3 Å². The van der Waals surface area contributed by atoms with Crippen molar-refractivity contribution in [2.75, 3.05) is 20.3 Å². The van der Waals surface area contributed by atoms with E-state index in [2.05, 4.69) is 5.32 Å². The van der Waals surface area contributed by atoms with Crippen LogP contribution in [0.25, 0.3) is 0 Å². The number of benzene rings is 2. The second kappa shape index (κ2) is 9.33. The summed E-state index contributed by atoms with van der Waals surface area (Å²) < 4.78 is 16.4. The molecule has 0 aliphatic rings. The van der Waals surface area contributed by atoms with Crippen LogP contribution in [0.1, 0.15) is 31.0 Å². The first-order valence-corrected chi connectivity index (χ1v) is 8.31. The minimum atomic E-state index is -0.268. The van der Waals surface area contributed by atoms with Crippen molar-refractivity contribution in [3.8, 4) is 23.3 Å². The van der Waals surface area contributed by atoms with Gasteiger partial charge in [0.1, 0.15) is 5.75 Å². The largest absolute Gasteiger partial charge is 0.496 e. The van der Waals surface area contributed by atoms with Crippen LogP contribution < -0.4 is 19.5 Å². The summed E-state index contributed by atoms with van der Waals surface area (Å²) in [7, 11) is 1.59. The van der Waals surface area contributed by atoms with Crippen LogP contribution in [0.3, 0.4) is 0 Å². The second-order valence-corrected chi connectivity index (χ2v) is 5.53. The zero-order valence-corrected chi connectivity index (χ0v) is 15.1. The summed E-state index contributed by atoms with van der Waals surface area (Å²) in [5, 5.41) is 11.8. The topological polar surface area (TPSA) is 80.6 Å². The van der Waals surface area contributed by atoms with Gasteiger partial charge in [0.25, 0.3) is 5.91 Å². The molecule has 26 heavy (non-hydrogen) atoms. The molecule has 2 aromatic rings. The van der Waals surface area contributed by atoms with Crippen LogP contribution in [0.5, 0.6) is 17.2 Å². The Balaban J connectivity index is 1.99. The second-order valence-electron chi connectivity index (χ2n) is 5.53. The molecular weight excluding hydrogens is 332 g/mol. The van der Waals surface area contributed by atoms with E-state index in [0.717, 1.165) is 5.56 Å². The lowest BCUT2D eigenvalue weighted by Crippen LogP contribution is -2.31. The first-order chi connectivity index (χ1) is 12.6. The van der Waals surface area contributed by atoms with E-state index in [1.165, 1.54) is 0 Å². The normalized spacial score (nSPS) is 11.2. The SMILES string of the molecule is CCOc1cc(C#N)ccc1OCC(=O)N[C@@H](C)c1ccccc1OC. The lowest BCUT2D eigenvalue weighted by atomic mass is 10.1. The molecular formula is C20H22N2O4. The van der Waals surface area contributed by atoms with Gasteiger partial charge in [-0.1, -0.05) is 18.2 Å². The maximum Gasteiger partial charge on any atom is 0.258 e. The van der Waals surface area contributed by atoms with Gasteiger partial charge in [-0.15, -0.1) is 0 Å². The van der Waals surface area contributed by atoms with Gasteiger partial charge >= 0.3 is 0 Å². The summed E-state index contributed by atoms with van der Waals surface area (Å²) in [6.45, 7) is 3.99. The fourth-order valence-corrected chi connectivity index (χ4v) is 2.49. The van der Waals surface area contributed by atoms with E-state index in [0.29, 0.717) is 29.4 Å². The van der Waals surface area contributed by atoms with Crippen molar-refractivity contribution in [3.05, 3.63) is 53.6 Å². The van der Waals surface area contributed by atoms with Gasteiger partial charge in [0, 0.05) is 11.6 Å². The predicted molar refractivity (Wildman–Crippen MR) is 97.4 cm³/mol. The standard InChI is InChI=1S/C20H22N2O4/c1-4-25-19-11-15(12-21)9-10-18(19)26-13-20(23)22-14(2)16-7-5-6-8-17(16)24-3/h5-11,14H,4,13H2,1-3H3,(H,22,23)/t14-/m0/s1. The molecule has 1 N–H and O–H groups in total. The van der Waals surface area contributed by atoms with Crippen molar-refractivity contribution in [1.82, 2.24) is 5.32 Å². The molecule has 0 bridgehead atoms. The first-order valence-electron chi connectivity index (χ1n) is 8.31. The molecule has 0 radical (unpaired) electrons. The van der Waals surface area contributed by atoms with Crippen LogP contribution in [0.15, 0.2) is 42.5 Å². The molecule has 2 rings (SSSR count). The van der Waals surface area contributed by atoms with Gasteiger partial charge in [-0.05, 0) is 32.0 Å². The highest BCUT2D eigenvalue weighted by Gasteiger charge is 2.15. The molecule has 0 unspecified atom stereocenters. The average Bonchev–Trinajstić information content (AvgIpc) is 2.67. The Morgan fingerprint density at radius 2 is 1.92 bits per heavy atom. The number of nitrogens with one attached hydrogen (secondary N) is 1. The Bertz CT molecular complexity index is 799. The molecule has 2 aromatic carbocycles. The molecule has 1 atom stereocenters. The Morgan fingerprint density at radius 3 is 2.62 bits per heavy atom. The molecule has 6 heteroatoms. The third kappa shape index (κ3) is 4.90. The number of carbonyl (C=O) groups is 1. The number of carbonyl (C=O) groups excluding carboxylic acids is 1. The van der Waals surface area contributed by atoms with Gasteiger partial charge in [0.15, 0.2) is 18.1 Å². The van der Waals surface area contributed by atoms with E-state index >= 15 is 0 Å². The number of nitrogens with zero attached hydrogens (tertiary/aromatic N) is 1. The fourth-order valence-electron chi connectivity index (χ4n) is 2.49. The Morgan fingerprint density at radius 1 is 1.15 bits per heavy atom. The summed E-state index contributed by atoms with van der Waals surface area (Å²) in [5.41, 5.74) is 1.35. The Kier molecular flexibility index (Phi) is 6.86. The Hall–Kier alpha value is -3.20. The van der Waals surface area contributed by atoms with Crippen LogP contribution >= 0.6 is 0 Å². The number of rotatable bonds is 8.